The lowest BCUT2D eigenvalue weighted by Gasteiger charge is -2.30. The lowest BCUT2D eigenvalue weighted by molar-refractivity contribution is 0.198. The first kappa shape index (κ1) is 14.2. The van der Waals surface area contributed by atoms with Crippen molar-refractivity contribution in [3.63, 3.8) is 0 Å². The molecule has 0 saturated heterocycles. The van der Waals surface area contributed by atoms with Gasteiger partial charge in [-0.25, -0.2) is 0 Å². The van der Waals surface area contributed by atoms with E-state index in [4.69, 9.17) is 10.5 Å². The Labute approximate surface area is 126 Å². The van der Waals surface area contributed by atoms with Crippen LogP contribution in [-0.2, 0) is 12.8 Å². The van der Waals surface area contributed by atoms with Gasteiger partial charge in [-0.2, -0.15) is 0 Å². The maximum Gasteiger partial charge on any atom is 0.122 e. The highest BCUT2D eigenvalue weighted by atomic mass is 16.5. The van der Waals surface area contributed by atoms with Crippen LogP contribution < -0.4 is 10.5 Å². The van der Waals surface area contributed by atoms with Gasteiger partial charge in [-0.1, -0.05) is 36.4 Å². The molecule has 21 heavy (non-hydrogen) atoms. The number of para-hydroxylation sites is 1. The number of hydrogen-bond donors (Lipinski definition) is 1. The maximum atomic E-state index is 6.50. The largest absolute Gasteiger partial charge is 0.493 e. The normalized spacial score (nSPS) is 18.7. The molecular formula is C19H23NO. The maximum absolute atomic E-state index is 6.50. The third kappa shape index (κ3) is 2.96. The summed E-state index contributed by atoms with van der Waals surface area (Å²) >= 11 is 0. The molecule has 3 rings (SSSR count). The summed E-state index contributed by atoms with van der Waals surface area (Å²) in [5.74, 6) is 1.41. The highest BCUT2D eigenvalue weighted by Crippen LogP contribution is 2.29. The van der Waals surface area contributed by atoms with Crippen LogP contribution in [0.3, 0.4) is 0 Å². The smallest absolute Gasteiger partial charge is 0.122 e. The van der Waals surface area contributed by atoms with Crippen LogP contribution in [0.4, 0.5) is 0 Å². The summed E-state index contributed by atoms with van der Waals surface area (Å²) in [6.07, 6.45) is 1.94. The van der Waals surface area contributed by atoms with E-state index in [2.05, 4.69) is 44.2 Å². The van der Waals surface area contributed by atoms with Crippen molar-refractivity contribution in [2.45, 2.75) is 32.7 Å². The van der Waals surface area contributed by atoms with Gasteiger partial charge in [0.1, 0.15) is 5.75 Å². The molecule has 0 amide bonds. The number of fused-ring (bicyclic) bond motifs is 1. The van der Waals surface area contributed by atoms with Crippen LogP contribution >= 0.6 is 0 Å². The number of benzene rings is 2. The van der Waals surface area contributed by atoms with Crippen LogP contribution in [0.2, 0.25) is 0 Å². The Morgan fingerprint density at radius 1 is 1.10 bits per heavy atom. The van der Waals surface area contributed by atoms with Gasteiger partial charge in [0.25, 0.3) is 0 Å². The van der Waals surface area contributed by atoms with Gasteiger partial charge >= 0.3 is 0 Å². The average Bonchev–Trinajstić information content (AvgIpc) is 2.50. The molecule has 0 bridgehead atoms. The molecule has 2 heteroatoms. The van der Waals surface area contributed by atoms with Gasteiger partial charge in [-0.15, -0.1) is 0 Å². The fourth-order valence-electron chi connectivity index (χ4n) is 3.20. The van der Waals surface area contributed by atoms with Crippen molar-refractivity contribution in [2.75, 3.05) is 6.61 Å². The van der Waals surface area contributed by atoms with Crippen LogP contribution in [0.15, 0.2) is 42.5 Å². The van der Waals surface area contributed by atoms with Gasteiger partial charge in [0.2, 0.25) is 0 Å². The zero-order chi connectivity index (χ0) is 14.8. The Morgan fingerprint density at radius 3 is 2.57 bits per heavy atom. The Balaban J connectivity index is 1.74. The van der Waals surface area contributed by atoms with Gasteiger partial charge in [-0.3, -0.25) is 0 Å². The highest BCUT2D eigenvalue weighted by Gasteiger charge is 2.25. The van der Waals surface area contributed by atoms with E-state index in [-0.39, 0.29) is 6.04 Å². The van der Waals surface area contributed by atoms with Crippen molar-refractivity contribution in [3.8, 4) is 5.75 Å². The van der Waals surface area contributed by atoms with Gasteiger partial charge in [0, 0.05) is 12.0 Å². The van der Waals surface area contributed by atoms with E-state index >= 15 is 0 Å². The number of rotatable bonds is 3. The second-order valence-corrected chi connectivity index (χ2v) is 6.12. The van der Waals surface area contributed by atoms with Gasteiger partial charge in [0.05, 0.1) is 6.61 Å². The molecule has 0 radical (unpaired) electrons. The molecule has 1 aliphatic heterocycles. The molecule has 1 aliphatic rings. The summed E-state index contributed by atoms with van der Waals surface area (Å²) in [4.78, 5) is 0. The third-order valence-corrected chi connectivity index (χ3v) is 4.60. The zero-order valence-electron chi connectivity index (χ0n) is 12.8. The quantitative estimate of drug-likeness (QED) is 0.935. The molecule has 110 valence electrons. The first-order valence-corrected chi connectivity index (χ1v) is 7.66. The van der Waals surface area contributed by atoms with Gasteiger partial charge < -0.3 is 10.5 Å². The first-order chi connectivity index (χ1) is 10.1. The Kier molecular flexibility index (Phi) is 3.98. The van der Waals surface area contributed by atoms with E-state index in [0.29, 0.717) is 5.92 Å². The summed E-state index contributed by atoms with van der Waals surface area (Å²) in [5, 5.41) is 0. The molecule has 2 unspecified atom stereocenters. The molecule has 2 aromatic rings. The Bertz CT molecular complexity index is 615. The number of hydrogen-bond acceptors (Lipinski definition) is 2. The van der Waals surface area contributed by atoms with Crippen LogP contribution in [0.25, 0.3) is 0 Å². The molecule has 0 saturated carbocycles. The molecule has 2 aromatic carbocycles. The molecule has 0 aliphatic carbocycles. The minimum absolute atomic E-state index is 0.137. The Hall–Kier alpha value is -1.80. The van der Waals surface area contributed by atoms with Crippen molar-refractivity contribution in [1.82, 2.24) is 0 Å². The van der Waals surface area contributed by atoms with Gasteiger partial charge in [0.15, 0.2) is 0 Å². The molecule has 0 aromatic heterocycles. The number of ether oxygens (including phenoxy) is 1. The number of nitrogens with two attached hydrogens (primary N) is 1. The molecular weight excluding hydrogens is 258 g/mol. The molecule has 2 N–H and O–H groups in total. The summed E-state index contributed by atoms with van der Waals surface area (Å²) in [5.41, 5.74) is 11.8. The average molecular weight is 281 g/mol. The molecule has 2 atom stereocenters. The van der Waals surface area contributed by atoms with Crippen LogP contribution in [0.1, 0.15) is 22.3 Å². The second kappa shape index (κ2) is 5.90. The minimum Gasteiger partial charge on any atom is -0.493 e. The van der Waals surface area contributed by atoms with Crippen molar-refractivity contribution in [1.29, 1.82) is 0 Å². The minimum atomic E-state index is 0.137. The molecule has 1 heterocycles. The van der Waals surface area contributed by atoms with Crippen LogP contribution in [-0.4, -0.2) is 12.6 Å². The second-order valence-electron chi connectivity index (χ2n) is 6.12. The van der Waals surface area contributed by atoms with E-state index in [1.807, 2.05) is 12.1 Å². The Morgan fingerprint density at radius 2 is 1.81 bits per heavy atom. The topological polar surface area (TPSA) is 35.2 Å². The monoisotopic (exact) mass is 281 g/mol. The molecule has 0 fully saturated rings. The summed E-state index contributed by atoms with van der Waals surface area (Å²) in [7, 11) is 0. The predicted octanol–water partition coefficient (Wildman–Crippen LogP) is 3.42. The fourth-order valence-corrected chi connectivity index (χ4v) is 3.20. The lowest BCUT2D eigenvalue weighted by Crippen LogP contribution is -2.39. The standard InChI is InChI=1S/C19H23NO/c1-13-6-5-7-14(2)17(13)11-18(20)16-10-15-8-3-4-9-19(15)21-12-16/h3-9,16,18H,10-12,20H2,1-2H3. The van der Waals surface area contributed by atoms with E-state index in [1.165, 1.54) is 22.3 Å². The zero-order valence-corrected chi connectivity index (χ0v) is 12.8. The van der Waals surface area contributed by atoms with Crippen LogP contribution in [0.5, 0.6) is 5.75 Å². The molecule has 2 nitrogen and oxygen atoms in total. The first-order valence-electron chi connectivity index (χ1n) is 7.66. The SMILES string of the molecule is Cc1cccc(C)c1CC(N)C1COc2ccccc2C1. The van der Waals surface area contributed by atoms with Crippen molar-refractivity contribution < 1.29 is 4.74 Å². The highest BCUT2D eigenvalue weighted by molar-refractivity contribution is 5.36. The predicted molar refractivity (Wildman–Crippen MR) is 86.7 cm³/mol. The van der Waals surface area contributed by atoms with Crippen molar-refractivity contribution in [3.05, 3.63) is 64.7 Å². The van der Waals surface area contributed by atoms with E-state index in [9.17, 15) is 0 Å². The van der Waals surface area contributed by atoms with E-state index < -0.39 is 0 Å². The summed E-state index contributed by atoms with van der Waals surface area (Å²) in [6, 6.07) is 14.9. The van der Waals surface area contributed by atoms with E-state index in [1.54, 1.807) is 0 Å². The number of aryl methyl sites for hydroxylation is 2. The van der Waals surface area contributed by atoms with Gasteiger partial charge in [-0.05, 0) is 55.0 Å². The summed E-state index contributed by atoms with van der Waals surface area (Å²) in [6.45, 7) is 5.06. The van der Waals surface area contributed by atoms with Crippen molar-refractivity contribution >= 4 is 0 Å². The lowest BCUT2D eigenvalue weighted by atomic mass is 9.85. The van der Waals surface area contributed by atoms with Crippen LogP contribution in [0, 0.1) is 19.8 Å². The van der Waals surface area contributed by atoms with E-state index in [0.717, 1.165) is 25.2 Å². The molecule has 0 spiro atoms. The van der Waals surface area contributed by atoms with Crippen molar-refractivity contribution in [2.24, 2.45) is 11.7 Å². The third-order valence-electron chi connectivity index (χ3n) is 4.60. The fraction of sp³-hybridized carbons (Fsp3) is 0.368. The summed E-state index contributed by atoms with van der Waals surface area (Å²) < 4.78 is 5.88.